The fraction of sp³-hybridized carbons (Fsp3) is 0.500. The number of benzene rings is 1. The van der Waals surface area contributed by atoms with E-state index in [-0.39, 0.29) is 11.7 Å². The highest BCUT2D eigenvalue weighted by Gasteiger charge is 2.27. The first-order chi connectivity index (χ1) is 12.1. The normalized spacial score (nSPS) is 12.9. The van der Waals surface area contributed by atoms with Crippen molar-refractivity contribution in [3.05, 3.63) is 41.5 Å². The van der Waals surface area contributed by atoms with Gasteiger partial charge in [0.15, 0.2) is 0 Å². The molecular weight excluding hydrogens is 357 g/mol. The van der Waals surface area contributed by atoms with Crippen LogP contribution in [0.2, 0.25) is 0 Å². The van der Waals surface area contributed by atoms with Crippen LogP contribution in [0.4, 0.5) is 9.18 Å². The maximum atomic E-state index is 12.9. The molecule has 1 heterocycles. The van der Waals surface area contributed by atoms with E-state index in [0.717, 1.165) is 5.56 Å². The van der Waals surface area contributed by atoms with E-state index in [1.165, 1.54) is 23.9 Å². The van der Waals surface area contributed by atoms with E-state index in [9.17, 15) is 9.18 Å². The number of carbonyl (C=O) groups is 1. The first-order valence-electron chi connectivity index (χ1n) is 8.34. The quantitative estimate of drug-likeness (QED) is 0.730. The van der Waals surface area contributed by atoms with E-state index in [1.54, 1.807) is 32.9 Å². The average molecular weight is 381 g/mol. The van der Waals surface area contributed by atoms with Gasteiger partial charge < -0.3 is 14.5 Å². The van der Waals surface area contributed by atoms with Gasteiger partial charge in [-0.05, 0) is 44.4 Å². The highest BCUT2D eigenvalue weighted by atomic mass is 32.2. The maximum absolute atomic E-state index is 12.9. The van der Waals surface area contributed by atoms with Crippen molar-refractivity contribution in [2.24, 2.45) is 5.92 Å². The molecule has 1 aromatic heterocycles. The molecular formula is C18H24FN3O3S. The number of nitrogens with one attached hydrogen (secondary N) is 1. The van der Waals surface area contributed by atoms with Crippen molar-refractivity contribution in [3.63, 3.8) is 0 Å². The van der Waals surface area contributed by atoms with Crippen LogP contribution >= 0.6 is 11.8 Å². The Balaban J connectivity index is 1.99. The van der Waals surface area contributed by atoms with Gasteiger partial charge in [0.25, 0.3) is 5.22 Å². The van der Waals surface area contributed by atoms with Crippen LogP contribution in [-0.2, 0) is 10.5 Å². The number of halogens is 1. The third kappa shape index (κ3) is 6.33. The van der Waals surface area contributed by atoms with Crippen LogP contribution in [0, 0.1) is 11.7 Å². The Morgan fingerprint density at radius 1 is 1.27 bits per heavy atom. The molecule has 26 heavy (non-hydrogen) atoms. The summed E-state index contributed by atoms with van der Waals surface area (Å²) < 4.78 is 23.9. The number of ether oxygens (including phenoxy) is 1. The summed E-state index contributed by atoms with van der Waals surface area (Å²) in [5.74, 6) is 0.672. The van der Waals surface area contributed by atoms with Crippen molar-refractivity contribution < 1.29 is 18.3 Å². The summed E-state index contributed by atoms with van der Waals surface area (Å²) in [5, 5.41) is 11.2. The van der Waals surface area contributed by atoms with Crippen LogP contribution < -0.4 is 5.32 Å². The summed E-state index contributed by atoms with van der Waals surface area (Å²) in [6.07, 6.45) is -0.532. The standard InChI is InChI=1S/C18H24FN3O3S/c1-11(2)14(20-16(23)25-18(3,4)5)15-21-22-17(24-15)26-10-12-6-8-13(19)9-7-12/h6-9,11,14H,10H2,1-5H3,(H,20,23)/t14-/m0/s1. The highest BCUT2D eigenvalue weighted by molar-refractivity contribution is 7.98. The molecule has 1 aromatic carbocycles. The van der Waals surface area contributed by atoms with Gasteiger partial charge in [0, 0.05) is 5.75 Å². The largest absolute Gasteiger partial charge is 0.444 e. The number of aromatic nitrogens is 2. The van der Waals surface area contributed by atoms with Crippen molar-refractivity contribution in [1.29, 1.82) is 0 Å². The fourth-order valence-corrected chi connectivity index (χ4v) is 2.80. The lowest BCUT2D eigenvalue weighted by molar-refractivity contribution is 0.0477. The number of alkyl carbamates (subject to hydrolysis) is 1. The minimum absolute atomic E-state index is 0.0397. The molecule has 1 N–H and O–H groups in total. The number of amides is 1. The first kappa shape index (κ1) is 20.2. The average Bonchev–Trinajstić information content (AvgIpc) is 2.98. The van der Waals surface area contributed by atoms with Gasteiger partial charge in [-0.1, -0.05) is 37.7 Å². The van der Waals surface area contributed by atoms with Crippen LogP contribution in [0.3, 0.4) is 0 Å². The Kier molecular flexibility index (Phi) is 6.63. The van der Waals surface area contributed by atoms with Gasteiger partial charge in [0.2, 0.25) is 5.89 Å². The molecule has 0 bridgehead atoms. The lowest BCUT2D eigenvalue weighted by Gasteiger charge is -2.23. The topological polar surface area (TPSA) is 77.2 Å². The molecule has 142 valence electrons. The SMILES string of the molecule is CC(C)[C@H](NC(=O)OC(C)(C)C)c1nnc(SCc2ccc(F)cc2)o1. The molecule has 0 aliphatic heterocycles. The lowest BCUT2D eigenvalue weighted by Crippen LogP contribution is -2.37. The molecule has 0 aliphatic rings. The second kappa shape index (κ2) is 8.53. The molecule has 0 aliphatic carbocycles. The second-order valence-corrected chi connectivity index (χ2v) is 8.12. The highest BCUT2D eigenvalue weighted by Crippen LogP contribution is 2.26. The molecule has 0 fully saturated rings. The van der Waals surface area contributed by atoms with E-state index in [0.29, 0.717) is 16.9 Å². The molecule has 2 rings (SSSR count). The zero-order valence-electron chi connectivity index (χ0n) is 15.6. The minimum Gasteiger partial charge on any atom is -0.444 e. The number of nitrogens with zero attached hydrogens (tertiary/aromatic N) is 2. The fourth-order valence-electron chi connectivity index (χ4n) is 2.08. The molecule has 0 saturated heterocycles. The Morgan fingerprint density at radius 3 is 2.50 bits per heavy atom. The molecule has 1 amide bonds. The van der Waals surface area contributed by atoms with Gasteiger partial charge in [-0.15, -0.1) is 10.2 Å². The van der Waals surface area contributed by atoms with Crippen molar-refractivity contribution in [1.82, 2.24) is 15.5 Å². The summed E-state index contributed by atoms with van der Waals surface area (Å²) in [6.45, 7) is 9.28. The first-order valence-corrected chi connectivity index (χ1v) is 9.33. The van der Waals surface area contributed by atoms with Crippen LogP contribution in [-0.4, -0.2) is 21.9 Å². The zero-order chi connectivity index (χ0) is 19.3. The molecule has 0 spiro atoms. The third-order valence-corrected chi connectivity index (χ3v) is 4.19. The van der Waals surface area contributed by atoms with Gasteiger partial charge in [-0.3, -0.25) is 0 Å². The Labute approximate surface area is 156 Å². The number of rotatable bonds is 6. The Bertz CT molecular complexity index is 726. The molecule has 0 unspecified atom stereocenters. The molecule has 0 saturated carbocycles. The third-order valence-electron chi connectivity index (χ3n) is 3.30. The minimum atomic E-state index is -0.587. The van der Waals surface area contributed by atoms with Crippen molar-refractivity contribution in [2.45, 2.75) is 57.2 Å². The summed E-state index contributed by atoms with van der Waals surface area (Å²) in [7, 11) is 0. The van der Waals surface area contributed by atoms with Gasteiger partial charge >= 0.3 is 6.09 Å². The molecule has 0 radical (unpaired) electrons. The maximum Gasteiger partial charge on any atom is 0.408 e. The molecule has 1 atom stereocenters. The zero-order valence-corrected chi connectivity index (χ0v) is 16.4. The van der Waals surface area contributed by atoms with Crippen LogP contribution in [0.1, 0.15) is 52.1 Å². The van der Waals surface area contributed by atoms with Gasteiger partial charge in [0.1, 0.15) is 17.5 Å². The number of thioether (sulfide) groups is 1. The molecule has 6 nitrogen and oxygen atoms in total. The van der Waals surface area contributed by atoms with E-state index < -0.39 is 17.7 Å². The van der Waals surface area contributed by atoms with Gasteiger partial charge in [-0.2, -0.15) is 0 Å². The van der Waals surface area contributed by atoms with E-state index in [4.69, 9.17) is 9.15 Å². The van der Waals surface area contributed by atoms with Crippen molar-refractivity contribution in [3.8, 4) is 0 Å². The summed E-state index contributed by atoms with van der Waals surface area (Å²) in [4.78, 5) is 12.0. The monoisotopic (exact) mass is 381 g/mol. The van der Waals surface area contributed by atoms with E-state index in [1.807, 2.05) is 13.8 Å². The van der Waals surface area contributed by atoms with Gasteiger partial charge in [0.05, 0.1) is 0 Å². The second-order valence-electron chi connectivity index (χ2n) is 7.19. The van der Waals surface area contributed by atoms with Crippen molar-refractivity contribution in [2.75, 3.05) is 0 Å². The van der Waals surface area contributed by atoms with Gasteiger partial charge in [-0.25, -0.2) is 9.18 Å². The predicted molar refractivity (Wildman–Crippen MR) is 97.2 cm³/mol. The number of carbonyl (C=O) groups excluding carboxylic acids is 1. The summed E-state index contributed by atoms with van der Waals surface area (Å²) in [5.41, 5.74) is 0.361. The Hall–Kier alpha value is -2.09. The van der Waals surface area contributed by atoms with Crippen LogP contribution in [0.5, 0.6) is 0 Å². The van der Waals surface area contributed by atoms with Crippen LogP contribution in [0.15, 0.2) is 33.9 Å². The lowest BCUT2D eigenvalue weighted by atomic mass is 10.1. The number of hydrogen-bond donors (Lipinski definition) is 1. The van der Waals surface area contributed by atoms with Crippen molar-refractivity contribution >= 4 is 17.9 Å². The number of hydrogen-bond acceptors (Lipinski definition) is 6. The molecule has 8 heteroatoms. The Morgan fingerprint density at radius 2 is 1.92 bits per heavy atom. The molecule has 2 aromatic rings. The summed E-state index contributed by atoms with van der Waals surface area (Å²) in [6, 6.07) is 5.79. The van der Waals surface area contributed by atoms with E-state index in [2.05, 4.69) is 15.5 Å². The summed E-state index contributed by atoms with van der Waals surface area (Å²) >= 11 is 1.35. The predicted octanol–water partition coefficient (Wildman–Crippen LogP) is 4.72. The van der Waals surface area contributed by atoms with E-state index >= 15 is 0 Å². The smallest absolute Gasteiger partial charge is 0.408 e. The van der Waals surface area contributed by atoms with Crippen LogP contribution in [0.25, 0.3) is 0 Å².